The van der Waals surface area contributed by atoms with Gasteiger partial charge in [0.15, 0.2) is 0 Å². The zero-order valence-corrected chi connectivity index (χ0v) is 19.3. The molecular weight excluding hydrogens is 408 g/mol. The van der Waals surface area contributed by atoms with Gasteiger partial charge in [0.1, 0.15) is 5.82 Å². The smallest absolute Gasteiger partial charge is 0.251 e. The van der Waals surface area contributed by atoms with Crippen molar-refractivity contribution < 1.29 is 14.3 Å². The Morgan fingerprint density at radius 3 is 2.44 bits per heavy atom. The molecule has 4 rings (SSSR count). The minimum atomic E-state index is -0.126. The third kappa shape index (κ3) is 5.22. The van der Waals surface area contributed by atoms with E-state index in [9.17, 15) is 14.4 Å². The van der Waals surface area contributed by atoms with Crippen LogP contribution in [0, 0.1) is 11.8 Å². The van der Waals surface area contributed by atoms with Gasteiger partial charge in [-0.05, 0) is 38.5 Å². The number of aromatic nitrogens is 2. The molecule has 3 saturated heterocycles. The number of nitrogens with zero attached hydrogens (tertiary/aromatic N) is 3. The number of carbonyl (C=O) groups is 2. The summed E-state index contributed by atoms with van der Waals surface area (Å²) >= 11 is 0. The SMILES string of the molecule is CC(C)C(=O)N1CCC(c2nc([C@@H]3CCCN(C(=O)C4CCOCC4)C3)cc(=O)[nH]2)CC1. The van der Waals surface area contributed by atoms with Crippen molar-refractivity contribution in [1.82, 2.24) is 19.8 Å². The molecule has 3 aliphatic heterocycles. The van der Waals surface area contributed by atoms with E-state index in [-0.39, 0.29) is 41.0 Å². The van der Waals surface area contributed by atoms with Gasteiger partial charge in [0.25, 0.3) is 5.56 Å². The lowest BCUT2D eigenvalue weighted by Gasteiger charge is -2.36. The molecule has 1 aromatic rings. The fraction of sp³-hybridized carbons (Fsp3) is 0.750. The Balaban J connectivity index is 1.43. The van der Waals surface area contributed by atoms with Crippen molar-refractivity contribution in [3.63, 3.8) is 0 Å². The molecule has 0 saturated carbocycles. The van der Waals surface area contributed by atoms with Gasteiger partial charge in [-0.1, -0.05) is 13.8 Å². The number of nitrogens with one attached hydrogen (secondary N) is 1. The molecule has 0 unspecified atom stereocenters. The quantitative estimate of drug-likeness (QED) is 0.769. The van der Waals surface area contributed by atoms with Gasteiger partial charge in [0, 0.05) is 69.1 Å². The van der Waals surface area contributed by atoms with Crippen molar-refractivity contribution in [2.75, 3.05) is 39.4 Å². The van der Waals surface area contributed by atoms with Crippen LogP contribution >= 0.6 is 0 Å². The second kappa shape index (κ2) is 10.1. The van der Waals surface area contributed by atoms with E-state index in [4.69, 9.17) is 9.72 Å². The van der Waals surface area contributed by atoms with Crippen LogP contribution in [0.1, 0.15) is 75.7 Å². The molecule has 2 amide bonds. The van der Waals surface area contributed by atoms with Crippen molar-refractivity contribution in [2.45, 2.75) is 64.2 Å². The van der Waals surface area contributed by atoms with Gasteiger partial charge < -0.3 is 19.5 Å². The number of piperidine rings is 2. The molecule has 3 aliphatic rings. The van der Waals surface area contributed by atoms with E-state index in [1.165, 1.54) is 0 Å². The average Bonchev–Trinajstić information content (AvgIpc) is 2.83. The normalized spacial score (nSPS) is 23.5. The minimum Gasteiger partial charge on any atom is -0.381 e. The maximum Gasteiger partial charge on any atom is 0.251 e. The Morgan fingerprint density at radius 2 is 1.75 bits per heavy atom. The Bertz CT molecular complexity index is 869. The molecule has 1 atom stereocenters. The first-order chi connectivity index (χ1) is 15.4. The van der Waals surface area contributed by atoms with E-state index >= 15 is 0 Å². The molecule has 176 valence electrons. The molecule has 8 nitrogen and oxygen atoms in total. The molecule has 0 radical (unpaired) electrons. The number of likely N-dealkylation sites (tertiary alicyclic amines) is 2. The minimum absolute atomic E-state index is 0.00547. The van der Waals surface area contributed by atoms with Crippen molar-refractivity contribution in [2.24, 2.45) is 11.8 Å². The maximum atomic E-state index is 13.0. The number of hydrogen-bond donors (Lipinski definition) is 1. The van der Waals surface area contributed by atoms with Crippen LogP contribution in [0.3, 0.4) is 0 Å². The highest BCUT2D eigenvalue weighted by Crippen LogP contribution is 2.30. The fourth-order valence-electron chi connectivity index (χ4n) is 5.26. The van der Waals surface area contributed by atoms with Gasteiger partial charge in [-0.25, -0.2) is 4.98 Å². The Kier molecular flexibility index (Phi) is 7.28. The second-order valence-corrected chi connectivity index (χ2v) is 9.82. The summed E-state index contributed by atoms with van der Waals surface area (Å²) in [6.07, 6.45) is 5.08. The molecular formula is C24H36N4O4. The fourth-order valence-corrected chi connectivity index (χ4v) is 5.26. The number of ether oxygens (including phenoxy) is 1. The number of carbonyl (C=O) groups excluding carboxylic acids is 2. The first-order valence-electron chi connectivity index (χ1n) is 12.2. The summed E-state index contributed by atoms with van der Waals surface area (Å²) in [5.74, 6) is 1.46. The van der Waals surface area contributed by atoms with Crippen LogP contribution in [0.5, 0.6) is 0 Å². The van der Waals surface area contributed by atoms with Gasteiger partial charge in [-0.2, -0.15) is 0 Å². The largest absolute Gasteiger partial charge is 0.381 e. The standard InChI is InChI=1S/C24H36N4O4/c1-16(2)23(30)27-10-5-17(6-11-27)22-25-20(14-21(29)26-22)19-4-3-9-28(15-19)24(31)18-7-12-32-13-8-18/h14,16-19H,3-13,15H2,1-2H3,(H,25,26,29)/t19-/m1/s1. The average molecular weight is 445 g/mol. The van der Waals surface area contributed by atoms with Crippen LogP contribution < -0.4 is 5.56 Å². The highest BCUT2D eigenvalue weighted by Gasteiger charge is 2.32. The summed E-state index contributed by atoms with van der Waals surface area (Å²) < 4.78 is 5.40. The first-order valence-corrected chi connectivity index (χ1v) is 12.2. The van der Waals surface area contributed by atoms with Crippen LogP contribution in [0.25, 0.3) is 0 Å². The van der Waals surface area contributed by atoms with E-state index in [0.29, 0.717) is 32.8 Å². The monoisotopic (exact) mass is 444 g/mol. The van der Waals surface area contributed by atoms with E-state index in [1.54, 1.807) is 6.07 Å². The lowest BCUT2D eigenvalue weighted by Crippen LogP contribution is -2.44. The molecule has 8 heteroatoms. The highest BCUT2D eigenvalue weighted by molar-refractivity contribution is 5.79. The molecule has 3 fully saturated rings. The zero-order chi connectivity index (χ0) is 22.7. The molecule has 0 spiro atoms. The molecule has 32 heavy (non-hydrogen) atoms. The van der Waals surface area contributed by atoms with Crippen LogP contribution in [-0.2, 0) is 14.3 Å². The predicted molar refractivity (Wildman–Crippen MR) is 120 cm³/mol. The van der Waals surface area contributed by atoms with E-state index < -0.39 is 0 Å². The molecule has 1 aromatic heterocycles. The number of hydrogen-bond acceptors (Lipinski definition) is 5. The zero-order valence-electron chi connectivity index (χ0n) is 19.3. The highest BCUT2D eigenvalue weighted by atomic mass is 16.5. The molecule has 1 N–H and O–H groups in total. The lowest BCUT2D eigenvalue weighted by atomic mass is 9.91. The predicted octanol–water partition coefficient (Wildman–Crippen LogP) is 2.26. The van der Waals surface area contributed by atoms with Crippen molar-refractivity contribution in [3.8, 4) is 0 Å². The summed E-state index contributed by atoms with van der Waals surface area (Å²) in [5.41, 5.74) is 0.674. The molecule has 4 heterocycles. The van der Waals surface area contributed by atoms with Crippen molar-refractivity contribution >= 4 is 11.8 Å². The van der Waals surface area contributed by atoms with Gasteiger partial charge in [0.05, 0.1) is 5.69 Å². The van der Waals surface area contributed by atoms with Crippen molar-refractivity contribution in [1.29, 1.82) is 0 Å². The van der Waals surface area contributed by atoms with E-state index in [0.717, 1.165) is 56.6 Å². The summed E-state index contributed by atoms with van der Waals surface area (Å²) in [6.45, 7) is 7.99. The summed E-state index contributed by atoms with van der Waals surface area (Å²) in [4.78, 5) is 49.4. The number of rotatable bonds is 4. The van der Waals surface area contributed by atoms with E-state index in [1.807, 2.05) is 23.6 Å². The topological polar surface area (TPSA) is 95.6 Å². The van der Waals surface area contributed by atoms with Crippen LogP contribution in [0.4, 0.5) is 0 Å². The first kappa shape index (κ1) is 23.0. The van der Waals surface area contributed by atoms with Crippen LogP contribution in [0.15, 0.2) is 10.9 Å². The molecule has 0 bridgehead atoms. The van der Waals surface area contributed by atoms with Gasteiger partial charge in [-0.3, -0.25) is 14.4 Å². The van der Waals surface area contributed by atoms with Gasteiger partial charge in [-0.15, -0.1) is 0 Å². The number of amides is 2. The Hall–Kier alpha value is -2.22. The number of aromatic amines is 1. The third-order valence-electron chi connectivity index (χ3n) is 7.19. The maximum absolute atomic E-state index is 13.0. The third-order valence-corrected chi connectivity index (χ3v) is 7.19. The second-order valence-electron chi connectivity index (χ2n) is 9.82. The van der Waals surface area contributed by atoms with E-state index in [2.05, 4.69) is 4.98 Å². The Labute approximate surface area is 189 Å². The molecule has 0 aromatic carbocycles. The molecule has 0 aliphatic carbocycles. The Morgan fingerprint density at radius 1 is 1.03 bits per heavy atom. The van der Waals surface area contributed by atoms with Crippen molar-refractivity contribution in [3.05, 3.63) is 27.9 Å². The van der Waals surface area contributed by atoms with Gasteiger partial charge >= 0.3 is 0 Å². The lowest BCUT2D eigenvalue weighted by molar-refractivity contribution is -0.139. The summed E-state index contributed by atoms with van der Waals surface area (Å²) in [7, 11) is 0. The van der Waals surface area contributed by atoms with Gasteiger partial charge in [0.2, 0.25) is 11.8 Å². The van der Waals surface area contributed by atoms with Crippen LogP contribution in [-0.4, -0.2) is 71.0 Å². The summed E-state index contributed by atoms with van der Waals surface area (Å²) in [5, 5.41) is 0. The number of H-pyrrole nitrogens is 1. The summed E-state index contributed by atoms with van der Waals surface area (Å²) in [6, 6.07) is 1.61. The van der Waals surface area contributed by atoms with Crippen LogP contribution in [0.2, 0.25) is 0 Å².